The first-order chi connectivity index (χ1) is 12.9. The van der Waals surface area contributed by atoms with Crippen molar-refractivity contribution in [1.29, 1.82) is 0 Å². The van der Waals surface area contributed by atoms with Crippen LogP contribution in [-0.4, -0.2) is 44.6 Å². The number of carbonyl (C=O) groups is 1. The number of methoxy groups -OCH3 is 2. The van der Waals surface area contributed by atoms with Crippen LogP contribution in [0, 0.1) is 12.7 Å². The predicted octanol–water partition coefficient (Wildman–Crippen LogP) is 2.71. The fraction of sp³-hybridized carbons (Fsp3) is 0.316. The topological polar surface area (TPSA) is 89.1 Å². The van der Waals surface area contributed by atoms with E-state index in [4.69, 9.17) is 14.2 Å². The number of ether oxygens (including phenoxy) is 3. The number of aliphatic hydroxyl groups excluding tert-OH is 1. The zero-order valence-corrected chi connectivity index (χ0v) is 15.4. The summed E-state index contributed by atoms with van der Waals surface area (Å²) in [6.07, 6.45) is -0.993. The van der Waals surface area contributed by atoms with E-state index in [1.165, 1.54) is 26.4 Å². The lowest BCUT2D eigenvalue weighted by Gasteiger charge is -2.17. The zero-order valence-electron chi connectivity index (χ0n) is 15.4. The number of rotatable bonds is 8. The van der Waals surface area contributed by atoms with Crippen molar-refractivity contribution in [2.24, 2.45) is 0 Å². The number of amides is 2. The Kier molecular flexibility index (Phi) is 7.25. The molecule has 0 saturated heterocycles. The summed E-state index contributed by atoms with van der Waals surface area (Å²) < 4.78 is 29.6. The molecule has 146 valence electrons. The molecule has 2 aromatic carbocycles. The summed E-state index contributed by atoms with van der Waals surface area (Å²) in [4.78, 5) is 11.9. The molecule has 2 rings (SSSR count). The van der Waals surface area contributed by atoms with Crippen LogP contribution in [0.1, 0.15) is 5.56 Å². The molecule has 0 fully saturated rings. The van der Waals surface area contributed by atoms with Crippen LogP contribution in [0.25, 0.3) is 0 Å². The van der Waals surface area contributed by atoms with Crippen molar-refractivity contribution in [1.82, 2.24) is 5.32 Å². The first-order valence-corrected chi connectivity index (χ1v) is 8.27. The highest BCUT2D eigenvalue weighted by Gasteiger charge is 2.15. The van der Waals surface area contributed by atoms with Crippen molar-refractivity contribution < 1.29 is 28.5 Å². The molecule has 7 nitrogen and oxygen atoms in total. The van der Waals surface area contributed by atoms with E-state index < -0.39 is 18.0 Å². The van der Waals surface area contributed by atoms with Gasteiger partial charge in [-0.25, -0.2) is 9.18 Å². The average molecular weight is 378 g/mol. The van der Waals surface area contributed by atoms with Crippen LogP contribution in [-0.2, 0) is 0 Å². The lowest BCUT2D eigenvalue weighted by atomic mass is 10.2. The van der Waals surface area contributed by atoms with E-state index >= 15 is 0 Å². The van der Waals surface area contributed by atoms with Crippen LogP contribution in [0.2, 0.25) is 0 Å². The van der Waals surface area contributed by atoms with Crippen LogP contribution in [0.5, 0.6) is 17.2 Å². The first-order valence-electron chi connectivity index (χ1n) is 8.27. The van der Waals surface area contributed by atoms with E-state index in [1.807, 2.05) is 0 Å². The fourth-order valence-corrected chi connectivity index (χ4v) is 2.31. The van der Waals surface area contributed by atoms with Crippen LogP contribution in [0.3, 0.4) is 0 Å². The number of benzene rings is 2. The van der Waals surface area contributed by atoms with Crippen LogP contribution < -0.4 is 24.8 Å². The first kappa shape index (κ1) is 20.3. The third-order valence-corrected chi connectivity index (χ3v) is 3.67. The van der Waals surface area contributed by atoms with Gasteiger partial charge in [-0.05, 0) is 36.8 Å². The quantitative estimate of drug-likeness (QED) is 0.657. The summed E-state index contributed by atoms with van der Waals surface area (Å²) in [5.41, 5.74) is 0.878. The molecule has 27 heavy (non-hydrogen) atoms. The molecule has 0 aromatic heterocycles. The Balaban J connectivity index is 1.85. The molecule has 0 aliphatic rings. The molecule has 1 unspecified atom stereocenters. The van der Waals surface area contributed by atoms with Gasteiger partial charge in [0, 0.05) is 6.54 Å². The highest BCUT2D eigenvalue weighted by molar-refractivity contribution is 5.89. The number of nitrogens with one attached hydrogen (secondary N) is 2. The monoisotopic (exact) mass is 378 g/mol. The molecular weight excluding hydrogens is 355 g/mol. The minimum Gasteiger partial charge on any atom is -0.493 e. The van der Waals surface area contributed by atoms with Gasteiger partial charge in [0.1, 0.15) is 18.5 Å². The number of halogens is 1. The molecule has 2 amide bonds. The number of aliphatic hydroxyl groups is 1. The molecule has 0 saturated carbocycles. The third kappa shape index (κ3) is 5.75. The highest BCUT2D eigenvalue weighted by atomic mass is 19.1. The third-order valence-electron chi connectivity index (χ3n) is 3.67. The minimum absolute atomic E-state index is 0.0667. The summed E-state index contributed by atoms with van der Waals surface area (Å²) in [6.45, 7) is 1.60. The maximum atomic E-state index is 13.6. The van der Waals surface area contributed by atoms with E-state index in [1.54, 1.807) is 31.2 Å². The summed E-state index contributed by atoms with van der Waals surface area (Å²) in [5, 5.41) is 14.9. The maximum absolute atomic E-state index is 13.6. The van der Waals surface area contributed by atoms with Crippen molar-refractivity contribution in [2.45, 2.75) is 13.0 Å². The van der Waals surface area contributed by atoms with E-state index in [0.29, 0.717) is 17.2 Å². The average Bonchev–Trinajstić information content (AvgIpc) is 2.67. The van der Waals surface area contributed by atoms with Crippen molar-refractivity contribution in [3.8, 4) is 17.2 Å². The zero-order chi connectivity index (χ0) is 19.8. The Bertz CT molecular complexity index is 762. The van der Waals surface area contributed by atoms with Gasteiger partial charge in [0.05, 0.1) is 19.9 Å². The van der Waals surface area contributed by atoms with E-state index in [2.05, 4.69) is 10.6 Å². The lowest BCUT2D eigenvalue weighted by Crippen LogP contribution is -2.37. The SMILES string of the molecule is COc1cccc(OC)c1OCC(O)CNC(=O)Nc1cc(C)ccc1F. The second-order valence-electron chi connectivity index (χ2n) is 5.77. The van der Waals surface area contributed by atoms with Crippen molar-refractivity contribution in [2.75, 3.05) is 32.7 Å². The van der Waals surface area contributed by atoms with Gasteiger partial charge in [-0.3, -0.25) is 0 Å². The summed E-state index contributed by atoms with van der Waals surface area (Å²) in [6, 6.07) is 8.91. The number of hydrogen-bond acceptors (Lipinski definition) is 5. The Hall–Kier alpha value is -3.00. The molecule has 0 spiro atoms. The molecule has 0 aliphatic heterocycles. The highest BCUT2D eigenvalue weighted by Crippen LogP contribution is 2.36. The van der Waals surface area contributed by atoms with Crippen molar-refractivity contribution >= 4 is 11.7 Å². The van der Waals surface area contributed by atoms with Gasteiger partial charge in [-0.2, -0.15) is 0 Å². The molecule has 0 bridgehead atoms. The minimum atomic E-state index is -0.993. The van der Waals surface area contributed by atoms with E-state index in [-0.39, 0.29) is 18.8 Å². The predicted molar refractivity (Wildman–Crippen MR) is 99.2 cm³/mol. The smallest absolute Gasteiger partial charge is 0.319 e. The normalized spacial score (nSPS) is 11.4. The second kappa shape index (κ2) is 9.63. The number of anilines is 1. The van der Waals surface area contributed by atoms with E-state index in [0.717, 1.165) is 5.56 Å². The molecule has 8 heteroatoms. The lowest BCUT2D eigenvalue weighted by molar-refractivity contribution is 0.105. The number of hydrogen-bond donors (Lipinski definition) is 3. The number of carbonyl (C=O) groups excluding carboxylic acids is 1. The van der Waals surface area contributed by atoms with Crippen molar-refractivity contribution in [3.05, 3.63) is 47.8 Å². The summed E-state index contributed by atoms with van der Waals surface area (Å²) >= 11 is 0. The Morgan fingerprint density at radius 3 is 2.48 bits per heavy atom. The molecule has 3 N–H and O–H groups in total. The standard InChI is InChI=1S/C19H23FN2O5/c1-12-7-8-14(20)15(9-12)22-19(24)21-10-13(23)11-27-18-16(25-2)5-4-6-17(18)26-3/h4-9,13,23H,10-11H2,1-3H3,(H2,21,22,24). The van der Waals surface area contributed by atoms with Crippen LogP contribution in [0.15, 0.2) is 36.4 Å². The van der Waals surface area contributed by atoms with Gasteiger partial charge >= 0.3 is 6.03 Å². The largest absolute Gasteiger partial charge is 0.493 e. The second-order valence-corrected chi connectivity index (χ2v) is 5.77. The van der Waals surface area contributed by atoms with Gasteiger partial charge in [0.15, 0.2) is 11.5 Å². The van der Waals surface area contributed by atoms with Crippen molar-refractivity contribution in [3.63, 3.8) is 0 Å². The van der Waals surface area contributed by atoms with Gasteiger partial charge in [0.25, 0.3) is 0 Å². The molecule has 0 radical (unpaired) electrons. The molecule has 0 aliphatic carbocycles. The van der Waals surface area contributed by atoms with Gasteiger partial charge in [-0.15, -0.1) is 0 Å². The maximum Gasteiger partial charge on any atom is 0.319 e. The Morgan fingerprint density at radius 1 is 1.19 bits per heavy atom. The number of para-hydroxylation sites is 1. The molecule has 2 aromatic rings. The van der Waals surface area contributed by atoms with E-state index in [9.17, 15) is 14.3 Å². The van der Waals surface area contributed by atoms with Gasteiger partial charge in [-0.1, -0.05) is 12.1 Å². The van der Waals surface area contributed by atoms with Gasteiger partial charge in [0.2, 0.25) is 5.75 Å². The number of aryl methyl sites for hydroxylation is 1. The fourth-order valence-electron chi connectivity index (χ4n) is 2.31. The van der Waals surface area contributed by atoms with Gasteiger partial charge < -0.3 is 30.0 Å². The molecule has 1 atom stereocenters. The molecule has 0 heterocycles. The number of urea groups is 1. The summed E-state index contributed by atoms with van der Waals surface area (Å²) in [7, 11) is 2.99. The summed E-state index contributed by atoms with van der Waals surface area (Å²) in [5.74, 6) is 0.736. The Labute approximate surface area is 157 Å². The van der Waals surface area contributed by atoms with Crippen LogP contribution >= 0.6 is 0 Å². The Morgan fingerprint density at radius 2 is 1.85 bits per heavy atom. The van der Waals surface area contributed by atoms with Crippen LogP contribution in [0.4, 0.5) is 14.9 Å². The molecular formula is C19H23FN2O5.